The first-order chi connectivity index (χ1) is 16.8. The van der Waals surface area contributed by atoms with Crippen LogP contribution >= 0.6 is 0 Å². The Morgan fingerprint density at radius 3 is 2.29 bits per heavy atom. The van der Waals surface area contributed by atoms with E-state index in [1.165, 1.54) is 9.87 Å². The molecule has 4 aromatic rings. The maximum atomic E-state index is 14.1. The summed E-state index contributed by atoms with van der Waals surface area (Å²) < 4.78 is 29.3. The molecule has 4 rings (SSSR count). The van der Waals surface area contributed by atoms with Crippen LogP contribution in [-0.4, -0.2) is 20.9 Å². The molecule has 5 nitrogen and oxygen atoms in total. The van der Waals surface area contributed by atoms with Crippen molar-refractivity contribution in [2.24, 2.45) is 0 Å². The van der Waals surface area contributed by atoms with E-state index < -0.39 is 15.9 Å². The van der Waals surface area contributed by atoms with E-state index in [1.54, 1.807) is 24.3 Å². The van der Waals surface area contributed by atoms with Gasteiger partial charge in [-0.15, -0.1) is 0 Å². The summed E-state index contributed by atoms with van der Waals surface area (Å²) >= 11 is 0. The molecule has 0 heterocycles. The van der Waals surface area contributed by atoms with Gasteiger partial charge in [-0.3, -0.25) is 9.10 Å². The van der Waals surface area contributed by atoms with Crippen LogP contribution in [0, 0.1) is 13.8 Å². The molecular weight excluding hydrogens is 456 g/mol. The molecule has 180 valence electrons. The lowest BCUT2D eigenvalue weighted by atomic mass is 10.1. The first-order valence-corrected chi connectivity index (χ1v) is 13.2. The third-order valence-electron chi connectivity index (χ3n) is 6.23. The van der Waals surface area contributed by atoms with Crippen molar-refractivity contribution in [3.63, 3.8) is 0 Å². The molecule has 0 aliphatic rings. The third kappa shape index (κ3) is 5.23. The highest BCUT2D eigenvalue weighted by Gasteiger charge is 2.30. The lowest BCUT2D eigenvalue weighted by Crippen LogP contribution is -2.38. The second-order valence-corrected chi connectivity index (χ2v) is 10.5. The molecule has 0 unspecified atom stereocenters. The summed E-state index contributed by atoms with van der Waals surface area (Å²) in [5.74, 6) is -0.405. The maximum Gasteiger partial charge on any atom is 0.265 e. The molecule has 1 N–H and O–H groups in total. The van der Waals surface area contributed by atoms with Crippen molar-refractivity contribution in [3.05, 3.63) is 102 Å². The zero-order valence-corrected chi connectivity index (χ0v) is 21.1. The minimum atomic E-state index is -4.05. The van der Waals surface area contributed by atoms with Gasteiger partial charge in [-0.25, -0.2) is 8.42 Å². The van der Waals surface area contributed by atoms with Crippen molar-refractivity contribution in [2.75, 3.05) is 16.2 Å². The molecule has 35 heavy (non-hydrogen) atoms. The molecule has 0 atom stereocenters. The van der Waals surface area contributed by atoms with Crippen LogP contribution < -0.4 is 9.62 Å². The monoisotopic (exact) mass is 486 g/mol. The summed E-state index contributed by atoms with van der Waals surface area (Å²) in [6, 6.07) is 25.7. The minimum Gasteiger partial charge on any atom is -0.325 e. The van der Waals surface area contributed by atoms with Gasteiger partial charge < -0.3 is 5.32 Å². The standard InChI is InChI=1S/C29H30N2O3S/c1-4-9-23-16-18-25(19-17-23)30-29(32)20-31(27-14-7-10-21(2)22(27)3)35(33,34)28-15-8-12-24-11-5-6-13-26(24)28/h5-8,10-19H,4,9,20H2,1-3H3,(H,30,32). The lowest BCUT2D eigenvalue weighted by Gasteiger charge is -2.27. The number of fused-ring (bicyclic) bond motifs is 1. The molecule has 0 saturated carbocycles. The number of amides is 1. The van der Waals surface area contributed by atoms with E-state index in [1.807, 2.05) is 74.5 Å². The van der Waals surface area contributed by atoms with Crippen molar-refractivity contribution >= 4 is 38.1 Å². The highest BCUT2D eigenvalue weighted by Crippen LogP contribution is 2.32. The van der Waals surface area contributed by atoms with Gasteiger partial charge in [0.2, 0.25) is 5.91 Å². The van der Waals surface area contributed by atoms with Gasteiger partial charge in [-0.1, -0.05) is 74.0 Å². The number of nitrogens with zero attached hydrogens (tertiary/aromatic N) is 1. The van der Waals surface area contributed by atoms with Crippen LogP contribution in [0.1, 0.15) is 30.0 Å². The van der Waals surface area contributed by atoms with Crippen molar-refractivity contribution < 1.29 is 13.2 Å². The number of nitrogens with one attached hydrogen (secondary N) is 1. The number of sulfonamides is 1. The minimum absolute atomic E-state index is 0.174. The third-order valence-corrected chi connectivity index (χ3v) is 8.04. The zero-order valence-electron chi connectivity index (χ0n) is 20.3. The van der Waals surface area contributed by atoms with Crippen LogP contribution in [0.25, 0.3) is 10.8 Å². The highest BCUT2D eigenvalue weighted by atomic mass is 32.2. The van der Waals surface area contributed by atoms with E-state index >= 15 is 0 Å². The molecule has 0 saturated heterocycles. The van der Waals surface area contributed by atoms with Gasteiger partial charge in [-0.05, 0) is 66.6 Å². The number of benzene rings is 4. The van der Waals surface area contributed by atoms with E-state index in [-0.39, 0.29) is 11.4 Å². The predicted octanol–water partition coefficient (Wildman–Crippen LogP) is 6.24. The zero-order chi connectivity index (χ0) is 25.0. The Morgan fingerprint density at radius 2 is 1.54 bits per heavy atom. The lowest BCUT2D eigenvalue weighted by molar-refractivity contribution is -0.114. The van der Waals surface area contributed by atoms with Crippen molar-refractivity contribution in [1.82, 2.24) is 0 Å². The van der Waals surface area contributed by atoms with Crippen LogP contribution in [0.4, 0.5) is 11.4 Å². The molecular formula is C29H30N2O3S. The molecule has 0 aliphatic heterocycles. The second-order valence-electron chi connectivity index (χ2n) is 8.70. The number of aryl methyl sites for hydroxylation is 2. The van der Waals surface area contributed by atoms with Crippen LogP contribution in [0.2, 0.25) is 0 Å². The first-order valence-electron chi connectivity index (χ1n) is 11.8. The van der Waals surface area contributed by atoms with Gasteiger partial charge in [0.15, 0.2) is 0 Å². The average Bonchev–Trinajstić information content (AvgIpc) is 2.85. The smallest absolute Gasteiger partial charge is 0.265 e. The number of rotatable bonds is 8. The van der Waals surface area contributed by atoms with Gasteiger partial charge in [0.25, 0.3) is 10.0 Å². The van der Waals surface area contributed by atoms with Crippen LogP contribution in [0.15, 0.2) is 89.8 Å². The summed E-state index contributed by atoms with van der Waals surface area (Å²) in [4.78, 5) is 13.3. The number of hydrogen-bond donors (Lipinski definition) is 1. The summed E-state index contributed by atoms with van der Waals surface area (Å²) in [6.45, 7) is 5.58. The predicted molar refractivity (Wildman–Crippen MR) is 143 cm³/mol. The Hall–Kier alpha value is -3.64. The second kappa shape index (κ2) is 10.3. The average molecular weight is 487 g/mol. The van der Waals surface area contributed by atoms with E-state index in [4.69, 9.17) is 0 Å². The quantitative estimate of drug-likeness (QED) is 0.320. The highest BCUT2D eigenvalue weighted by molar-refractivity contribution is 7.93. The summed E-state index contributed by atoms with van der Waals surface area (Å²) in [7, 11) is -4.05. The summed E-state index contributed by atoms with van der Waals surface area (Å²) in [5, 5.41) is 4.31. The molecule has 0 radical (unpaired) electrons. The summed E-state index contributed by atoms with van der Waals surface area (Å²) in [5.41, 5.74) is 4.09. The number of anilines is 2. The summed E-state index contributed by atoms with van der Waals surface area (Å²) in [6.07, 6.45) is 2.01. The molecule has 1 amide bonds. The first kappa shape index (κ1) is 24.5. The topological polar surface area (TPSA) is 66.5 Å². The Bertz CT molecular complexity index is 1460. The van der Waals surface area contributed by atoms with Crippen molar-refractivity contribution in [1.29, 1.82) is 0 Å². The Morgan fingerprint density at radius 1 is 0.857 bits per heavy atom. The SMILES string of the molecule is CCCc1ccc(NC(=O)CN(c2cccc(C)c2C)S(=O)(=O)c2cccc3ccccc23)cc1. The number of carbonyl (C=O) groups is 1. The van der Waals surface area contributed by atoms with Gasteiger partial charge in [0.05, 0.1) is 10.6 Å². The molecule has 6 heteroatoms. The number of hydrogen-bond acceptors (Lipinski definition) is 3. The fourth-order valence-electron chi connectivity index (χ4n) is 4.22. The van der Waals surface area contributed by atoms with E-state index in [2.05, 4.69) is 12.2 Å². The molecule has 0 fully saturated rings. The van der Waals surface area contributed by atoms with Gasteiger partial charge in [0.1, 0.15) is 6.54 Å². The molecule has 0 aromatic heterocycles. The molecule has 0 bridgehead atoms. The van der Waals surface area contributed by atoms with Crippen LogP contribution in [0.5, 0.6) is 0 Å². The number of carbonyl (C=O) groups excluding carboxylic acids is 1. The van der Waals surface area contributed by atoms with Crippen LogP contribution in [-0.2, 0) is 21.2 Å². The van der Waals surface area contributed by atoms with Crippen LogP contribution in [0.3, 0.4) is 0 Å². The van der Waals surface area contributed by atoms with Gasteiger partial charge in [-0.2, -0.15) is 0 Å². The maximum absolute atomic E-state index is 14.1. The Balaban J connectivity index is 1.73. The normalized spacial score (nSPS) is 11.4. The van der Waals surface area contributed by atoms with E-state index in [9.17, 15) is 13.2 Å². The van der Waals surface area contributed by atoms with E-state index in [0.29, 0.717) is 16.8 Å². The van der Waals surface area contributed by atoms with Gasteiger partial charge in [0, 0.05) is 11.1 Å². The van der Waals surface area contributed by atoms with Crippen molar-refractivity contribution in [2.45, 2.75) is 38.5 Å². The Kier molecular flexibility index (Phi) is 7.22. The molecule has 0 aliphatic carbocycles. The molecule has 4 aromatic carbocycles. The van der Waals surface area contributed by atoms with E-state index in [0.717, 1.165) is 29.4 Å². The molecule has 0 spiro atoms. The fourth-order valence-corrected chi connectivity index (χ4v) is 5.91. The van der Waals surface area contributed by atoms with Gasteiger partial charge >= 0.3 is 0 Å². The Labute approximate surface area is 207 Å². The largest absolute Gasteiger partial charge is 0.325 e. The van der Waals surface area contributed by atoms with Crippen molar-refractivity contribution in [3.8, 4) is 0 Å². The fraction of sp³-hybridized carbons (Fsp3) is 0.207.